The van der Waals surface area contributed by atoms with Crippen molar-refractivity contribution in [3.63, 3.8) is 0 Å². The molecule has 3 aliphatic rings. The zero-order chi connectivity index (χ0) is 15.4. The van der Waals surface area contributed by atoms with Crippen molar-refractivity contribution in [3.8, 4) is 0 Å². The second-order valence-electron chi connectivity index (χ2n) is 7.38. The van der Waals surface area contributed by atoms with Crippen LogP contribution in [0.4, 0.5) is 0 Å². The standard InChI is InChI=1S/C18H24O4/c1-16(2)12-17(7-8-18(16)20-9-10-21-18)14-6-4-3-5-13(14)15(11-19)22-17/h3-6,15,19H,7-12H2,1-2H3. The number of ether oxygens (including phenoxy) is 3. The molecule has 0 radical (unpaired) electrons. The molecule has 2 heterocycles. The maximum absolute atomic E-state index is 9.69. The second-order valence-corrected chi connectivity index (χ2v) is 7.38. The fourth-order valence-corrected chi connectivity index (χ4v) is 4.69. The Hall–Kier alpha value is -0.940. The van der Waals surface area contributed by atoms with E-state index >= 15 is 0 Å². The number of aliphatic hydroxyl groups excluding tert-OH is 1. The molecule has 0 bridgehead atoms. The van der Waals surface area contributed by atoms with Crippen LogP contribution in [-0.2, 0) is 19.8 Å². The first-order valence-electron chi connectivity index (χ1n) is 8.18. The predicted molar refractivity (Wildman–Crippen MR) is 81.3 cm³/mol. The Kier molecular flexibility index (Phi) is 3.18. The van der Waals surface area contributed by atoms with E-state index in [9.17, 15) is 5.11 Å². The van der Waals surface area contributed by atoms with Crippen molar-refractivity contribution in [1.29, 1.82) is 0 Å². The topological polar surface area (TPSA) is 47.9 Å². The lowest BCUT2D eigenvalue weighted by Crippen LogP contribution is -2.54. The first-order chi connectivity index (χ1) is 10.5. The van der Waals surface area contributed by atoms with Crippen molar-refractivity contribution in [1.82, 2.24) is 0 Å². The smallest absolute Gasteiger partial charge is 0.173 e. The number of hydrogen-bond donors (Lipinski definition) is 1. The average molecular weight is 304 g/mol. The molecule has 2 spiro atoms. The predicted octanol–water partition coefficient (Wildman–Crippen LogP) is 2.90. The zero-order valence-corrected chi connectivity index (χ0v) is 13.3. The Bertz CT molecular complexity index is 576. The van der Waals surface area contributed by atoms with Gasteiger partial charge in [-0.15, -0.1) is 0 Å². The van der Waals surface area contributed by atoms with Crippen molar-refractivity contribution in [3.05, 3.63) is 35.4 Å². The Morgan fingerprint density at radius 1 is 1.14 bits per heavy atom. The molecule has 2 unspecified atom stereocenters. The van der Waals surface area contributed by atoms with Crippen molar-refractivity contribution in [2.75, 3.05) is 19.8 Å². The summed E-state index contributed by atoms with van der Waals surface area (Å²) in [5.41, 5.74) is 1.90. The number of rotatable bonds is 1. The van der Waals surface area contributed by atoms with Gasteiger partial charge in [-0.3, -0.25) is 0 Å². The Balaban J connectivity index is 1.73. The summed E-state index contributed by atoms with van der Waals surface area (Å²) in [5, 5.41) is 9.69. The monoisotopic (exact) mass is 304 g/mol. The number of hydrogen-bond acceptors (Lipinski definition) is 4. The van der Waals surface area contributed by atoms with Crippen LogP contribution < -0.4 is 0 Å². The highest BCUT2D eigenvalue weighted by Gasteiger charge is 2.60. The molecular formula is C18H24O4. The second kappa shape index (κ2) is 4.78. The third-order valence-electron chi connectivity index (χ3n) is 5.70. The number of fused-ring (bicyclic) bond motifs is 2. The summed E-state index contributed by atoms with van der Waals surface area (Å²) >= 11 is 0. The molecule has 2 fully saturated rings. The van der Waals surface area contributed by atoms with E-state index in [0.717, 1.165) is 24.8 Å². The van der Waals surface area contributed by atoms with E-state index < -0.39 is 5.79 Å². The fourth-order valence-electron chi connectivity index (χ4n) is 4.69. The minimum Gasteiger partial charge on any atom is -0.393 e. The molecule has 2 aliphatic heterocycles. The zero-order valence-electron chi connectivity index (χ0n) is 13.3. The van der Waals surface area contributed by atoms with Crippen LogP contribution in [0.3, 0.4) is 0 Å². The molecular weight excluding hydrogens is 280 g/mol. The van der Waals surface area contributed by atoms with Crippen LogP contribution in [0, 0.1) is 5.41 Å². The molecule has 0 amide bonds. The fraction of sp³-hybridized carbons (Fsp3) is 0.667. The number of aliphatic hydroxyl groups is 1. The van der Waals surface area contributed by atoms with E-state index in [4.69, 9.17) is 14.2 Å². The van der Waals surface area contributed by atoms with Crippen molar-refractivity contribution < 1.29 is 19.3 Å². The highest BCUT2D eigenvalue weighted by molar-refractivity contribution is 5.39. The van der Waals surface area contributed by atoms with Crippen LogP contribution in [0.5, 0.6) is 0 Å². The summed E-state index contributed by atoms with van der Waals surface area (Å²) in [6, 6.07) is 8.30. The van der Waals surface area contributed by atoms with Gasteiger partial charge in [-0.2, -0.15) is 0 Å². The minimum absolute atomic E-state index is 0.0251. The molecule has 120 valence electrons. The third-order valence-corrected chi connectivity index (χ3v) is 5.70. The molecule has 22 heavy (non-hydrogen) atoms. The van der Waals surface area contributed by atoms with Gasteiger partial charge in [0.25, 0.3) is 0 Å². The Labute approximate surface area is 131 Å². The molecule has 4 heteroatoms. The van der Waals surface area contributed by atoms with Gasteiger partial charge in [-0.25, -0.2) is 0 Å². The summed E-state index contributed by atoms with van der Waals surface area (Å²) in [6.45, 7) is 5.78. The van der Waals surface area contributed by atoms with Gasteiger partial charge < -0.3 is 19.3 Å². The summed E-state index contributed by atoms with van der Waals surface area (Å²) in [6.07, 6.45) is 2.32. The van der Waals surface area contributed by atoms with E-state index in [-0.39, 0.29) is 23.7 Å². The lowest BCUT2D eigenvalue weighted by molar-refractivity contribution is -0.281. The van der Waals surface area contributed by atoms with Gasteiger partial charge in [-0.1, -0.05) is 38.1 Å². The molecule has 2 atom stereocenters. The quantitative estimate of drug-likeness (QED) is 0.866. The summed E-state index contributed by atoms with van der Waals surface area (Å²) in [7, 11) is 0. The maximum Gasteiger partial charge on any atom is 0.173 e. The van der Waals surface area contributed by atoms with E-state index in [0.29, 0.717) is 13.2 Å². The van der Waals surface area contributed by atoms with Gasteiger partial charge in [-0.05, 0) is 24.0 Å². The highest BCUT2D eigenvalue weighted by Crippen LogP contribution is 2.60. The van der Waals surface area contributed by atoms with Crippen LogP contribution in [0.25, 0.3) is 0 Å². The van der Waals surface area contributed by atoms with Gasteiger partial charge in [0.15, 0.2) is 5.79 Å². The largest absolute Gasteiger partial charge is 0.393 e. The minimum atomic E-state index is -0.478. The lowest BCUT2D eigenvalue weighted by Gasteiger charge is -2.52. The molecule has 1 aliphatic carbocycles. The van der Waals surface area contributed by atoms with Crippen LogP contribution >= 0.6 is 0 Å². The van der Waals surface area contributed by atoms with Gasteiger partial charge in [0, 0.05) is 11.8 Å². The lowest BCUT2D eigenvalue weighted by atomic mass is 9.63. The Morgan fingerprint density at radius 3 is 2.55 bits per heavy atom. The maximum atomic E-state index is 9.69. The van der Waals surface area contributed by atoms with Gasteiger partial charge >= 0.3 is 0 Å². The van der Waals surface area contributed by atoms with Crippen LogP contribution in [-0.4, -0.2) is 30.7 Å². The van der Waals surface area contributed by atoms with Crippen molar-refractivity contribution >= 4 is 0 Å². The SMILES string of the molecule is CC1(C)CC2(CCC13OCCO3)OC(CO)c1ccccc12. The van der Waals surface area contributed by atoms with Gasteiger partial charge in [0.05, 0.1) is 25.4 Å². The third kappa shape index (κ3) is 1.84. The number of benzene rings is 1. The Morgan fingerprint density at radius 2 is 1.86 bits per heavy atom. The summed E-state index contributed by atoms with van der Waals surface area (Å²) < 4.78 is 18.4. The molecule has 1 aromatic rings. The van der Waals surface area contributed by atoms with Gasteiger partial charge in [0.2, 0.25) is 0 Å². The average Bonchev–Trinajstić information content (AvgIpc) is 3.09. The normalized spacial score (nSPS) is 35.1. The van der Waals surface area contributed by atoms with Crippen LogP contribution in [0.15, 0.2) is 24.3 Å². The summed E-state index contributed by atoms with van der Waals surface area (Å²) in [4.78, 5) is 0. The van der Waals surface area contributed by atoms with Crippen molar-refractivity contribution in [2.24, 2.45) is 5.41 Å². The first kappa shape index (κ1) is 14.6. The van der Waals surface area contributed by atoms with E-state index in [2.05, 4.69) is 32.0 Å². The van der Waals surface area contributed by atoms with Crippen molar-refractivity contribution in [2.45, 2.75) is 50.6 Å². The first-order valence-corrected chi connectivity index (χ1v) is 8.18. The molecule has 1 saturated carbocycles. The molecule has 1 aromatic carbocycles. The summed E-state index contributed by atoms with van der Waals surface area (Å²) in [5.74, 6) is -0.478. The van der Waals surface area contributed by atoms with Gasteiger partial charge in [0.1, 0.15) is 6.10 Å². The highest BCUT2D eigenvalue weighted by atomic mass is 16.7. The van der Waals surface area contributed by atoms with E-state index in [1.54, 1.807) is 0 Å². The molecule has 0 aromatic heterocycles. The van der Waals surface area contributed by atoms with E-state index in [1.807, 2.05) is 6.07 Å². The molecule has 1 N–H and O–H groups in total. The molecule has 1 saturated heterocycles. The molecule has 4 nitrogen and oxygen atoms in total. The molecule has 4 rings (SSSR count). The van der Waals surface area contributed by atoms with E-state index in [1.165, 1.54) is 5.56 Å². The van der Waals surface area contributed by atoms with Crippen LogP contribution in [0.1, 0.15) is 50.3 Å². The van der Waals surface area contributed by atoms with Crippen LogP contribution in [0.2, 0.25) is 0 Å².